The van der Waals surface area contributed by atoms with Crippen LogP contribution in [0.5, 0.6) is 0 Å². The summed E-state index contributed by atoms with van der Waals surface area (Å²) >= 11 is 1.35. The molecule has 31 heavy (non-hydrogen) atoms. The van der Waals surface area contributed by atoms with Crippen LogP contribution in [0.3, 0.4) is 0 Å². The molecular weight excluding hydrogens is 416 g/mol. The molecule has 0 unspecified atom stereocenters. The van der Waals surface area contributed by atoms with E-state index < -0.39 is 6.10 Å². The fourth-order valence-electron chi connectivity index (χ4n) is 3.38. The number of aromatic nitrogens is 2. The molecule has 9 heteroatoms. The summed E-state index contributed by atoms with van der Waals surface area (Å²) in [5.41, 5.74) is 1.80. The molecule has 1 aromatic carbocycles. The zero-order valence-electron chi connectivity index (χ0n) is 17.4. The molecule has 0 bridgehead atoms. The number of morpholine rings is 1. The number of carbonyl (C=O) groups is 2. The number of thiazole rings is 1. The number of hydrogen-bond donors (Lipinski definition) is 1. The Morgan fingerprint density at radius 1 is 1.35 bits per heavy atom. The van der Waals surface area contributed by atoms with Gasteiger partial charge in [0.1, 0.15) is 12.7 Å². The summed E-state index contributed by atoms with van der Waals surface area (Å²) in [7, 11) is 0. The maximum Gasteiger partial charge on any atom is 0.258 e. The number of nitrogens with zero attached hydrogens (tertiary/aromatic N) is 3. The average molecular weight is 441 g/mol. The number of para-hydroxylation sites is 1. The lowest BCUT2D eigenvalue weighted by atomic mass is 10.0. The minimum absolute atomic E-state index is 0.0122. The van der Waals surface area contributed by atoms with Crippen molar-refractivity contribution in [1.29, 1.82) is 0 Å². The van der Waals surface area contributed by atoms with Gasteiger partial charge < -0.3 is 14.4 Å². The van der Waals surface area contributed by atoms with Crippen molar-refractivity contribution >= 4 is 39.2 Å². The molecule has 0 aliphatic carbocycles. The van der Waals surface area contributed by atoms with E-state index in [0.717, 1.165) is 5.39 Å². The summed E-state index contributed by atoms with van der Waals surface area (Å²) in [6.07, 6.45) is 1.20. The SMILES string of the molecule is CC(C)OCC(=O)N1CCO[C@H](c2cc(C(=O)Nc3nccs3)c3ccccc3n2)C1. The van der Waals surface area contributed by atoms with Crippen LogP contribution >= 0.6 is 11.3 Å². The van der Waals surface area contributed by atoms with E-state index in [-0.39, 0.29) is 24.5 Å². The average Bonchev–Trinajstić information content (AvgIpc) is 3.29. The summed E-state index contributed by atoms with van der Waals surface area (Å²) in [6.45, 7) is 5.09. The third-order valence-corrected chi connectivity index (χ3v) is 5.61. The molecule has 3 heterocycles. The van der Waals surface area contributed by atoms with Gasteiger partial charge in [0.25, 0.3) is 5.91 Å². The monoisotopic (exact) mass is 440 g/mol. The maximum absolute atomic E-state index is 13.0. The lowest BCUT2D eigenvalue weighted by Gasteiger charge is -2.33. The van der Waals surface area contributed by atoms with Crippen LogP contribution in [-0.2, 0) is 14.3 Å². The van der Waals surface area contributed by atoms with Crippen molar-refractivity contribution in [2.24, 2.45) is 0 Å². The van der Waals surface area contributed by atoms with Crippen LogP contribution < -0.4 is 5.32 Å². The van der Waals surface area contributed by atoms with Crippen molar-refractivity contribution in [3.8, 4) is 0 Å². The number of ether oxygens (including phenoxy) is 2. The number of benzene rings is 1. The highest BCUT2D eigenvalue weighted by atomic mass is 32.1. The van der Waals surface area contributed by atoms with E-state index in [4.69, 9.17) is 14.5 Å². The van der Waals surface area contributed by atoms with Gasteiger partial charge in [0.15, 0.2) is 5.13 Å². The van der Waals surface area contributed by atoms with E-state index in [0.29, 0.717) is 41.6 Å². The van der Waals surface area contributed by atoms with E-state index in [1.54, 1.807) is 22.5 Å². The highest BCUT2D eigenvalue weighted by Gasteiger charge is 2.28. The zero-order valence-corrected chi connectivity index (χ0v) is 18.2. The molecule has 2 aromatic heterocycles. The standard InChI is InChI=1S/C22H24N4O4S/c1-14(2)30-13-20(27)26-8-9-29-19(12-26)18-11-16(15-5-3-4-6-17(15)24-18)21(28)25-22-23-7-10-31-22/h3-7,10-11,14,19H,8-9,12-13H2,1-2H3,(H,23,25,28)/t19-/m0/s1. The second-order valence-corrected chi connectivity index (χ2v) is 8.36. The highest BCUT2D eigenvalue weighted by Crippen LogP contribution is 2.27. The number of pyridine rings is 1. The number of carbonyl (C=O) groups excluding carboxylic acids is 2. The van der Waals surface area contributed by atoms with Gasteiger partial charge in [-0.25, -0.2) is 9.97 Å². The first-order valence-electron chi connectivity index (χ1n) is 10.1. The van der Waals surface area contributed by atoms with E-state index in [9.17, 15) is 9.59 Å². The quantitative estimate of drug-likeness (QED) is 0.632. The Kier molecular flexibility index (Phi) is 6.55. The molecule has 1 aliphatic rings. The van der Waals surface area contributed by atoms with Gasteiger partial charge in [0.2, 0.25) is 5.91 Å². The summed E-state index contributed by atoms with van der Waals surface area (Å²) in [5.74, 6) is -0.339. The topological polar surface area (TPSA) is 93.6 Å². The first kappa shape index (κ1) is 21.4. The number of anilines is 1. The zero-order chi connectivity index (χ0) is 21.8. The number of fused-ring (bicyclic) bond motifs is 1. The summed E-state index contributed by atoms with van der Waals surface area (Å²) in [4.78, 5) is 36.1. The van der Waals surface area contributed by atoms with Gasteiger partial charge in [-0.2, -0.15) is 0 Å². The van der Waals surface area contributed by atoms with Crippen LogP contribution in [0.15, 0.2) is 41.9 Å². The normalized spacial score (nSPS) is 16.6. The minimum atomic E-state index is -0.423. The van der Waals surface area contributed by atoms with Gasteiger partial charge in [-0.3, -0.25) is 14.9 Å². The Morgan fingerprint density at radius 2 is 2.19 bits per heavy atom. The second-order valence-electron chi connectivity index (χ2n) is 7.46. The van der Waals surface area contributed by atoms with Crippen molar-refractivity contribution in [3.05, 3.63) is 53.2 Å². The van der Waals surface area contributed by atoms with E-state index in [1.165, 1.54) is 11.3 Å². The molecule has 1 saturated heterocycles. The molecule has 2 amide bonds. The van der Waals surface area contributed by atoms with Crippen molar-refractivity contribution in [2.45, 2.75) is 26.1 Å². The lowest BCUT2D eigenvalue weighted by molar-refractivity contribution is -0.145. The first-order valence-corrected chi connectivity index (χ1v) is 11.0. The van der Waals surface area contributed by atoms with Crippen LogP contribution in [0.1, 0.15) is 36.0 Å². The molecule has 1 N–H and O–H groups in total. The predicted octanol–water partition coefficient (Wildman–Crippen LogP) is 3.27. The van der Waals surface area contributed by atoms with Crippen molar-refractivity contribution < 1.29 is 19.1 Å². The van der Waals surface area contributed by atoms with Crippen molar-refractivity contribution in [2.75, 3.05) is 31.6 Å². The minimum Gasteiger partial charge on any atom is -0.369 e. The van der Waals surface area contributed by atoms with Gasteiger partial charge >= 0.3 is 0 Å². The van der Waals surface area contributed by atoms with Gasteiger partial charge in [0.05, 0.1) is 36.0 Å². The number of rotatable bonds is 6. The van der Waals surface area contributed by atoms with Crippen LogP contribution in [0.25, 0.3) is 10.9 Å². The molecule has 1 aliphatic heterocycles. The number of amides is 2. The predicted molar refractivity (Wildman–Crippen MR) is 118 cm³/mol. The third kappa shape index (κ3) is 5.07. The maximum atomic E-state index is 13.0. The smallest absolute Gasteiger partial charge is 0.258 e. The Balaban J connectivity index is 1.60. The Labute approximate surface area is 184 Å². The largest absolute Gasteiger partial charge is 0.369 e. The molecule has 4 rings (SSSR count). The number of nitrogens with one attached hydrogen (secondary N) is 1. The first-order chi connectivity index (χ1) is 15.0. The molecule has 0 radical (unpaired) electrons. The Bertz CT molecular complexity index is 1070. The summed E-state index contributed by atoms with van der Waals surface area (Å²) in [6, 6.07) is 9.22. The van der Waals surface area contributed by atoms with E-state index in [2.05, 4.69) is 10.3 Å². The molecule has 1 atom stereocenters. The highest BCUT2D eigenvalue weighted by molar-refractivity contribution is 7.13. The molecule has 0 saturated carbocycles. The Morgan fingerprint density at radius 3 is 2.97 bits per heavy atom. The van der Waals surface area contributed by atoms with Crippen LogP contribution in [0, 0.1) is 0 Å². The molecule has 1 fully saturated rings. The molecular formula is C22H24N4O4S. The van der Waals surface area contributed by atoms with Crippen molar-refractivity contribution in [3.63, 3.8) is 0 Å². The third-order valence-electron chi connectivity index (χ3n) is 4.92. The second kappa shape index (κ2) is 9.51. The van der Waals surface area contributed by atoms with Crippen molar-refractivity contribution in [1.82, 2.24) is 14.9 Å². The van der Waals surface area contributed by atoms with Crippen LogP contribution in [-0.4, -0.2) is 59.1 Å². The van der Waals surface area contributed by atoms with Crippen LogP contribution in [0.4, 0.5) is 5.13 Å². The molecule has 3 aromatic rings. The molecule has 8 nitrogen and oxygen atoms in total. The Hall–Kier alpha value is -2.88. The van der Waals surface area contributed by atoms with Crippen LogP contribution in [0.2, 0.25) is 0 Å². The molecule has 0 spiro atoms. The summed E-state index contributed by atoms with van der Waals surface area (Å²) < 4.78 is 11.4. The fourth-order valence-corrected chi connectivity index (χ4v) is 3.91. The van der Waals surface area contributed by atoms with Gasteiger partial charge in [-0.15, -0.1) is 11.3 Å². The molecule has 162 valence electrons. The van der Waals surface area contributed by atoms with Gasteiger partial charge in [-0.05, 0) is 26.0 Å². The number of hydrogen-bond acceptors (Lipinski definition) is 7. The fraction of sp³-hybridized carbons (Fsp3) is 0.364. The summed E-state index contributed by atoms with van der Waals surface area (Å²) in [5, 5.41) is 5.91. The van der Waals surface area contributed by atoms with Gasteiger partial charge in [-0.1, -0.05) is 18.2 Å². The van der Waals surface area contributed by atoms with E-state index in [1.807, 2.05) is 38.1 Å². The van der Waals surface area contributed by atoms with E-state index >= 15 is 0 Å². The lowest BCUT2D eigenvalue weighted by Crippen LogP contribution is -2.44. The van der Waals surface area contributed by atoms with Gasteiger partial charge in [0, 0.05) is 23.5 Å².